The predicted octanol–water partition coefficient (Wildman–Crippen LogP) is 3.34. The molecule has 0 bridgehead atoms. The third-order valence-corrected chi connectivity index (χ3v) is 3.44. The maximum atomic E-state index is 5.99. The molecule has 0 aromatic heterocycles. The molecule has 0 unspecified atom stereocenters. The number of rotatable bonds is 2. The van der Waals surface area contributed by atoms with Crippen molar-refractivity contribution >= 4 is 27.5 Å². The number of halogens is 2. The molecule has 0 fully saturated rings. The van der Waals surface area contributed by atoms with E-state index >= 15 is 0 Å². The maximum absolute atomic E-state index is 5.99. The molecule has 1 rings (SSSR count). The molecule has 0 heterocycles. The quantitative estimate of drug-likeness (QED) is 0.869. The van der Waals surface area contributed by atoms with E-state index in [4.69, 9.17) is 17.3 Å². The molecule has 0 aliphatic carbocycles. The Hall–Kier alpha value is -0.0500. The standard InChI is InChI=1S/C10H13BrClN/c1-10(2,6-13)7-3-4-8(11)9(12)5-7/h3-5H,6,13H2,1-2H3. The van der Waals surface area contributed by atoms with Gasteiger partial charge in [-0.15, -0.1) is 0 Å². The summed E-state index contributed by atoms with van der Waals surface area (Å²) in [7, 11) is 0. The fourth-order valence-electron chi connectivity index (χ4n) is 1.03. The highest BCUT2D eigenvalue weighted by molar-refractivity contribution is 9.10. The largest absolute Gasteiger partial charge is 0.330 e. The molecule has 1 aromatic rings. The summed E-state index contributed by atoms with van der Waals surface area (Å²) in [5.41, 5.74) is 6.83. The Kier molecular flexibility index (Phi) is 3.38. The second-order valence-electron chi connectivity index (χ2n) is 3.72. The highest BCUT2D eigenvalue weighted by Crippen LogP contribution is 2.29. The smallest absolute Gasteiger partial charge is 0.0551 e. The Balaban J connectivity index is 3.10. The fraction of sp³-hybridized carbons (Fsp3) is 0.400. The lowest BCUT2D eigenvalue weighted by molar-refractivity contribution is 0.539. The first-order valence-corrected chi connectivity index (χ1v) is 5.30. The van der Waals surface area contributed by atoms with E-state index in [0.717, 1.165) is 9.50 Å². The van der Waals surface area contributed by atoms with Crippen LogP contribution in [0.15, 0.2) is 22.7 Å². The van der Waals surface area contributed by atoms with E-state index in [0.29, 0.717) is 6.54 Å². The average molecular weight is 263 g/mol. The summed E-state index contributed by atoms with van der Waals surface area (Å²) in [5, 5.41) is 0.735. The lowest BCUT2D eigenvalue weighted by Gasteiger charge is -2.23. The molecule has 3 heteroatoms. The van der Waals surface area contributed by atoms with E-state index < -0.39 is 0 Å². The summed E-state index contributed by atoms with van der Waals surface area (Å²) in [6.45, 7) is 4.82. The van der Waals surface area contributed by atoms with E-state index in [-0.39, 0.29) is 5.41 Å². The highest BCUT2D eigenvalue weighted by atomic mass is 79.9. The van der Waals surface area contributed by atoms with Gasteiger partial charge in [-0.1, -0.05) is 31.5 Å². The zero-order valence-electron chi connectivity index (χ0n) is 7.77. The van der Waals surface area contributed by atoms with Gasteiger partial charge in [0.15, 0.2) is 0 Å². The zero-order valence-corrected chi connectivity index (χ0v) is 10.1. The summed E-state index contributed by atoms with van der Waals surface area (Å²) in [6, 6.07) is 5.95. The van der Waals surface area contributed by atoms with Crippen molar-refractivity contribution < 1.29 is 0 Å². The van der Waals surface area contributed by atoms with Crippen LogP contribution in [-0.4, -0.2) is 6.54 Å². The van der Waals surface area contributed by atoms with Crippen LogP contribution in [0.2, 0.25) is 5.02 Å². The minimum absolute atomic E-state index is 0.00958. The van der Waals surface area contributed by atoms with E-state index in [1.807, 2.05) is 18.2 Å². The van der Waals surface area contributed by atoms with Gasteiger partial charge in [-0.05, 0) is 33.6 Å². The summed E-state index contributed by atoms with van der Waals surface area (Å²) < 4.78 is 0.922. The van der Waals surface area contributed by atoms with Gasteiger partial charge in [0.2, 0.25) is 0 Å². The third-order valence-electron chi connectivity index (χ3n) is 2.21. The monoisotopic (exact) mass is 261 g/mol. The lowest BCUT2D eigenvalue weighted by atomic mass is 9.85. The van der Waals surface area contributed by atoms with Gasteiger partial charge in [0, 0.05) is 16.4 Å². The van der Waals surface area contributed by atoms with Gasteiger partial charge in [0.05, 0.1) is 5.02 Å². The van der Waals surface area contributed by atoms with Crippen LogP contribution in [0.4, 0.5) is 0 Å². The van der Waals surface area contributed by atoms with Crippen LogP contribution in [0.5, 0.6) is 0 Å². The van der Waals surface area contributed by atoms with Crippen molar-refractivity contribution in [2.75, 3.05) is 6.54 Å². The number of benzene rings is 1. The van der Waals surface area contributed by atoms with E-state index in [9.17, 15) is 0 Å². The minimum atomic E-state index is -0.00958. The van der Waals surface area contributed by atoms with Crippen LogP contribution in [0.1, 0.15) is 19.4 Å². The van der Waals surface area contributed by atoms with E-state index in [2.05, 4.69) is 29.8 Å². The Labute approximate surface area is 92.4 Å². The van der Waals surface area contributed by atoms with Gasteiger partial charge in [-0.25, -0.2) is 0 Å². The average Bonchev–Trinajstić information content (AvgIpc) is 2.09. The summed E-state index contributed by atoms with van der Waals surface area (Å²) >= 11 is 9.34. The van der Waals surface area contributed by atoms with Crippen molar-refractivity contribution in [1.82, 2.24) is 0 Å². The van der Waals surface area contributed by atoms with Gasteiger partial charge < -0.3 is 5.73 Å². The molecule has 72 valence electrons. The lowest BCUT2D eigenvalue weighted by Crippen LogP contribution is -2.27. The van der Waals surface area contributed by atoms with Crippen LogP contribution in [0.3, 0.4) is 0 Å². The van der Waals surface area contributed by atoms with Crippen molar-refractivity contribution in [2.45, 2.75) is 19.3 Å². The molecule has 0 saturated heterocycles. The zero-order chi connectivity index (χ0) is 10.1. The number of nitrogens with two attached hydrogens (primary N) is 1. The van der Waals surface area contributed by atoms with Crippen molar-refractivity contribution in [3.05, 3.63) is 33.3 Å². The van der Waals surface area contributed by atoms with E-state index in [1.165, 1.54) is 5.56 Å². The molecule has 2 N–H and O–H groups in total. The fourth-order valence-corrected chi connectivity index (χ4v) is 1.46. The summed E-state index contributed by atoms with van der Waals surface area (Å²) in [4.78, 5) is 0. The number of hydrogen-bond acceptors (Lipinski definition) is 1. The number of hydrogen-bond donors (Lipinski definition) is 1. The molecule has 13 heavy (non-hydrogen) atoms. The molecule has 0 amide bonds. The SMILES string of the molecule is CC(C)(CN)c1ccc(Br)c(Cl)c1. The Morgan fingerprint density at radius 1 is 1.46 bits per heavy atom. The molecule has 0 aliphatic heterocycles. The van der Waals surface area contributed by atoms with E-state index in [1.54, 1.807) is 0 Å². The summed E-state index contributed by atoms with van der Waals surface area (Å²) in [5.74, 6) is 0. The molecule has 0 aliphatic rings. The van der Waals surface area contributed by atoms with Gasteiger partial charge in [0.1, 0.15) is 0 Å². The first-order valence-electron chi connectivity index (χ1n) is 4.13. The highest BCUT2D eigenvalue weighted by Gasteiger charge is 2.18. The van der Waals surface area contributed by atoms with Crippen LogP contribution in [0.25, 0.3) is 0 Å². The van der Waals surface area contributed by atoms with Crippen LogP contribution >= 0.6 is 27.5 Å². The Bertz CT molecular complexity index is 310. The van der Waals surface area contributed by atoms with Gasteiger partial charge in [-0.2, -0.15) is 0 Å². The molecule has 0 atom stereocenters. The molecule has 0 radical (unpaired) electrons. The van der Waals surface area contributed by atoms with Crippen LogP contribution in [-0.2, 0) is 5.41 Å². The van der Waals surface area contributed by atoms with Gasteiger partial charge in [-0.3, -0.25) is 0 Å². The second kappa shape index (κ2) is 3.99. The van der Waals surface area contributed by atoms with Crippen molar-refractivity contribution in [1.29, 1.82) is 0 Å². The van der Waals surface area contributed by atoms with Crippen molar-refractivity contribution in [3.63, 3.8) is 0 Å². The summed E-state index contributed by atoms with van der Waals surface area (Å²) in [6.07, 6.45) is 0. The van der Waals surface area contributed by atoms with Gasteiger partial charge >= 0.3 is 0 Å². The van der Waals surface area contributed by atoms with Gasteiger partial charge in [0.25, 0.3) is 0 Å². The normalized spacial score (nSPS) is 11.8. The van der Waals surface area contributed by atoms with Crippen molar-refractivity contribution in [2.24, 2.45) is 5.73 Å². The molecule has 0 spiro atoms. The van der Waals surface area contributed by atoms with Crippen LogP contribution < -0.4 is 5.73 Å². The van der Waals surface area contributed by atoms with Crippen LogP contribution in [0, 0.1) is 0 Å². The molecular formula is C10H13BrClN. The van der Waals surface area contributed by atoms with Crippen molar-refractivity contribution in [3.8, 4) is 0 Å². The second-order valence-corrected chi connectivity index (χ2v) is 4.98. The molecular weight excluding hydrogens is 249 g/mol. The predicted molar refractivity (Wildman–Crippen MR) is 61.2 cm³/mol. The maximum Gasteiger partial charge on any atom is 0.0551 e. The molecule has 1 aromatic carbocycles. The first-order chi connectivity index (χ1) is 5.97. The molecule has 1 nitrogen and oxygen atoms in total. The first kappa shape index (κ1) is 11.0. The Morgan fingerprint density at radius 2 is 2.08 bits per heavy atom. The topological polar surface area (TPSA) is 26.0 Å². The minimum Gasteiger partial charge on any atom is -0.330 e. The Morgan fingerprint density at radius 3 is 2.54 bits per heavy atom. The third kappa shape index (κ3) is 2.46. The molecule has 0 saturated carbocycles.